The lowest BCUT2D eigenvalue weighted by molar-refractivity contribution is -0.141. The monoisotopic (exact) mass is 476 g/mol. The summed E-state index contributed by atoms with van der Waals surface area (Å²) in [5, 5.41) is 2.89. The highest BCUT2D eigenvalue weighted by Gasteiger charge is 2.32. The van der Waals surface area contributed by atoms with Crippen LogP contribution in [-0.4, -0.2) is 58.9 Å². The molecule has 1 aliphatic heterocycles. The molecule has 3 aromatic rings. The van der Waals surface area contributed by atoms with E-state index in [-0.39, 0.29) is 18.3 Å². The molecule has 2 aromatic heterocycles. The molecule has 4 rings (SSSR count). The number of rotatable bonds is 7. The lowest BCUT2D eigenvalue weighted by atomic mass is 10.2. The Kier molecular flexibility index (Phi) is 6.96. The number of carbonyl (C=O) groups is 1. The topological polar surface area (TPSA) is 94.4 Å². The summed E-state index contributed by atoms with van der Waals surface area (Å²) in [6.07, 6.45) is 0.542. The van der Waals surface area contributed by atoms with Crippen LogP contribution in [0.2, 0.25) is 0 Å². The number of esters is 1. The van der Waals surface area contributed by atoms with Gasteiger partial charge in [0.1, 0.15) is 5.69 Å². The van der Waals surface area contributed by atoms with Crippen molar-refractivity contribution in [3.8, 4) is 5.69 Å². The molecule has 1 aliphatic rings. The second-order valence-corrected chi connectivity index (χ2v) is 7.57. The zero-order valence-electron chi connectivity index (χ0n) is 18.4. The number of halogens is 3. The van der Waals surface area contributed by atoms with E-state index >= 15 is 0 Å². The van der Waals surface area contributed by atoms with Gasteiger partial charge in [0.25, 0.3) is 0 Å². The van der Waals surface area contributed by atoms with Crippen LogP contribution in [0.25, 0.3) is 5.69 Å². The smallest absolute Gasteiger partial charge is 0.433 e. The first kappa shape index (κ1) is 23.5. The molecule has 34 heavy (non-hydrogen) atoms. The number of morpholine rings is 1. The van der Waals surface area contributed by atoms with Crippen molar-refractivity contribution in [2.24, 2.45) is 0 Å². The van der Waals surface area contributed by atoms with Crippen molar-refractivity contribution in [3.63, 3.8) is 0 Å². The van der Waals surface area contributed by atoms with E-state index in [0.29, 0.717) is 44.1 Å². The van der Waals surface area contributed by atoms with Crippen LogP contribution in [0.4, 0.5) is 30.5 Å². The van der Waals surface area contributed by atoms with Crippen molar-refractivity contribution in [1.82, 2.24) is 19.5 Å². The Morgan fingerprint density at radius 3 is 2.68 bits per heavy atom. The van der Waals surface area contributed by atoms with Gasteiger partial charge >= 0.3 is 12.1 Å². The Bertz CT molecular complexity index is 1140. The fraction of sp³-hybridized carbons (Fsp3) is 0.364. The second kappa shape index (κ2) is 10.1. The lowest BCUT2D eigenvalue weighted by Gasteiger charge is -2.29. The van der Waals surface area contributed by atoms with Crippen molar-refractivity contribution in [1.29, 1.82) is 0 Å². The number of ether oxygens (including phenoxy) is 2. The van der Waals surface area contributed by atoms with Crippen molar-refractivity contribution in [2.75, 3.05) is 43.6 Å². The molecule has 0 unspecified atom stereocenters. The van der Waals surface area contributed by atoms with E-state index in [4.69, 9.17) is 4.74 Å². The van der Waals surface area contributed by atoms with E-state index in [2.05, 4.69) is 29.9 Å². The normalized spacial score (nSPS) is 14.2. The summed E-state index contributed by atoms with van der Waals surface area (Å²) < 4.78 is 51.1. The first-order valence-corrected chi connectivity index (χ1v) is 10.6. The van der Waals surface area contributed by atoms with E-state index in [1.54, 1.807) is 23.2 Å². The number of alkyl halides is 3. The molecule has 1 fully saturated rings. The number of hydrogen-bond acceptors (Lipinski definition) is 8. The van der Waals surface area contributed by atoms with Gasteiger partial charge in [0.15, 0.2) is 0 Å². The third kappa shape index (κ3) is 5.81. The number of nitrogens with one attached hydrogen (secondary N) is 1. The van der Waals surface area contributed by atoms with Gasteiger partial charge in [-0.05, 0) is 24.3 Å². The fourth-order valence-electron chi connectivity index (χ4n) is 3.49. The summed E-state index contributed by atoms with van der Waals surface area (Å²) in [6, 6.07) is 6.37. The van der Waals surface area contributed by atoms with Gasteiger partial charge in [0.05, 0.1) is 44.5 Å². The van der Waals surface area contributed by atoms with E-state index < -0.39 is 11.9 Å². The van der Waals surface area contributed by atoms with Crippen LogP contribution in [0.3, 0.4) is 0 Å². The molecular weight excluding hydrogens is 453 g/mol. The molecule has 1 aromatic carbocycles. The average molecular weight is 476 g/mol. The van der Waals surface area contributed by atoms with Gasteiger partial charge in [0, 0.05) is 43.3 Å². The van der Waals surface area contributed by atoms with E-state index in [0.717, 1.165) is 23.6 Å². The van der Waals surface area contributed by atoms with Gasteiger partial charge in [0.2, 0.25) is 5.95 Å². The zero-order chi connectivity index (χ0) is 24.1. The lowest BCUT2D eigenvalue weighted by Crippen LogP contribution is -2.36. The number of aromatic nitrogens is 4. The number of imidazole rings is 1. The second-order valence-electron chi connectivity index (χ2n) is 7.57. The highest BCUT2D eigenvalue weighted by Crippen LogP contribution is 2.30. The molecule has 180 valence electrons. The van der Waals surface area contributed by atoms with Crippen LogP contribution in [-0.2, 0) is 26.9 Å². The van der Waals surface area contributed by atoms with Crippen molar-refractivity contribution >= 4 is 23.3 Å². The fourth-order valence-corrected chi connectivity index (χ4v) is 3.49. The maximum atomic E-state index is 13.1. The number of carbonyl (C=O) groups excluding carboxylic acids is 1. The maximum Gasteiger partial charge on any atom is 0.433 e. The third-order valence-electron chi connectivity index (χ3n) is 5.23. The van der Waals surface area contributed by atoms with E-state index in [9.17, 15) is 18.0 Å². The Hall–Kier alpha value is -3.67. The maximum absolute atomic E-state index is 13.1. The summed E-state index contributed by atoms with van der Waals surface area (Å²) in [5.74, 6) is -0.485. The highest BCUT2D eigenvalue weighted by molar-refractivity contribution is 5.69. The summed E-state index contributed by atoms with van der Waals surface area (Å²) in [7, 11) is 1.33. The molecular formula is C22H23F3N6O3. The van der Waals surface area contributed by atoms with Gasteiger partial charge in [-0.25, -0.2) is 15.0 Å². The van der Waals surface area contributed by atoms with Gasteiger partial charge in [-0.2, -0.15) is 13.2 Å². The van der Waals surface area contributed by atoms with Crippen LogP contribution in [0.5, 0.6) is 0 Å². The van der Waals surface area contributed by atoms with Gasteiger partial charge in [-0.15, -0.1) is 0 Å². The van der Waals surface area contributed by atoms with Crippen LogP contribution in [0.15, 0.2) is 43.0 Å². The zero-order valence-corrected chi connectivity index (χ0v) is 18.4. The van der Waals surface area contributed by atoms with E-state index in [1.807, 2.05) is 12.1 Å². The minimum absolute atomic E-state index is 0.163. The minimum atomic E-state index is -4.57. The predicted molar refractivity (Wildman–Crippen MR) is 117 cm³/mol. The molecule has 1 saturated heterocycles. The molecule has 0 saturated carbocycles. The van der Waals surface area contributed by atoms with Crippen LogP contribution < -0.4 is 10.2 Å². The average Bonchev–Trinajstić information content (AvgIpc) is 3.32. The number of aryl methyl sites for hydroxylation is 1. The Morgan fingerprint density at radius 2 is 1.94 bits per heavy atom. The van der Waals surface area contributed by atoms with Crippen LogP contribution in [0, 0.1) is 0 Å². The highest BCUT2D eigenvalue weighted by atomic mass is 19.4. The molecule has 0 radical (unpaired) electrons. The van der Waals surface area contributed by atoms with Gasteiger partial charge in [-0.1, -0.05) is 0 Å². The molecule has 9 nitrogen and oxygen atoms in total. The first-order valence-electron chi connectivity index (χ1n) is 10.6. The van der Waals surface area contributed by atoms with Gasteiger partial charge < -0.3 is 24.3 Å². The number of benzene rings is 1. The van der Waals surface area contributed by atoms with Crippen molar-refractivity contribution in [3.05, 3.63) is 54.4 Å². The standard InChI is InChI=1S/C22H23F3N6O3/c1-33-20(32)3-2-15-13-31(14-27-15)18-11-16(10-17(12-18)30-6-8-34-9-7-30)28-21-26-5-4-19(29-21)22(23,24)25/h4-5,10-14H,2-3,6-9H2,1H3,(H,26,28,29). The summed E-state index contributed by atoms with van der Waals surface area (Å²) >= 11 is 0. The van der Waals surface area contributed by atoms with Crippen LogP contribution >= 0.6 is 0 Å². The molecule has 0 aliphatic carbocycles. The summed E-state index contributed by atoms with van der Waals surface area (Å²) in [5.41, 5.74) is 1.79. The quantitative estimate of drug-likeness (QED) is 0.519. The molecule has 0 amide bonds. The largest absolute Gasteiger partial charge is 0.469 e. The number of nitrogens with zero attached hydrogens (tertiary/aromatic N) is 5. The van der Waals surface area contributed by atoms with Crippen LogP contribution in [0.1, 0.15) is 17.8 Å². The SMILES string of the molecule is COC(=O)CCc1cn(-c2cc(Nc3nccc(C(F)(F)F)n3)cc(N3CCOCC3)c2)cn1. The summed E-state index contributed by atoms with van der Waals surface area (Å²) in [4.78, 5) is 25.4. The van der Waals surface area contributed by atoms with Crippen molar-refractivity contribution in [2.45, 2.75) is 19.0 Å². The molecule has 1 N–H and O–H groups in total. The molecule has 0 atom stereocenters. The van der Waals surface area contributed by atoms with Gasteiger partial charge in [-0.3, -0.25) is 4.79 Å². The number of anilines is 3. The Morgan fingerprint density at radius 1 is 1.18 bits per heavy atom. The molecule has 0 spiro atoms. The Balaban J connectivity index is 1.64. The number of hydrogen-bond donors (Lipinski definition) is 1. The first-order chi connectivity index (χ1) is 16.3. The Labute approximate surface area is 193 Å². The molecule has 0 bridgehead atoms. The minimum Gasteiger partial charge on any atom is -0.469 e. The van der Waals surface area contributed by atoms with E-state index in [1.165, 1.54) is 7.11 Å². The molecule has 3 heterocycles. The third-order valence-corrected chi connectivity index (χ3v) is 5.23. The molecule has 12 heteroatoms. The summed E-state index contributed by atoms with van der Waals surface area (Å²) in [6.45, 7) is 2.51. The predicted octanol–water partition coefficient (Wildman–Crippen LogP) is 3.37. The van der Waals surface area contributed by atoms with Crippen molar-refractivity contribution < 1.29 is 27.4 Å². The number of methoxy groups -OCH3 is 1.